The Morgan fingerprint density at radius 3 is 2.44 bits per heavy atom. The van der Waals surface area contributed by atoms with Crippen LogP contribution in [-0.4, -0.2) is 35.8 Å². The molecule has 130 valence electrons. The van der Waals surface area contributed by atoms with Gasteiger partial charge in [0.25, 0.3) is 5.91 Å². The highest BCUT2D eigenvalue weighted by atomic mass is 19.1. The third-order valence-corrected chi connectivity index (χ3v) is 4.46. The van der Waals surface area contributed by atoms with E-state index in [9.17, 15) is 14.0 Å². The highest BCUT2D eigenvalue weighted by Crippen LogP contribution is 2.14. The molecule has 1 saturated heterocycles. The van der Waals surface area contributed by atoms with Gasteiger partial charge in [-0.15, -0.1) is 0 Å². The molecule has 4 nitrogen and oxygen atoms in total. The van der Waals surface area contributed by atoms with Crippen LogP contribution in [-0.2, 0) is 11.2 Å². The van der Waals surface area contributed by atoms with Gasteiger partial charge < -0.3 is 10.2 Å². The molecule has 0 spiro atoms. The Hall–Kier alpha value is -2.69. The van der Waals surface area contributed by atoms with E-state index in [4.69, 9.17) is 0 Å². The largest absolute Gasteiger partial charge is 0.349 e. The molecule has 1 aliphatic heterocycles. The molecule has 0 atom stereocenters. The first-order valence-corrected chi connectivity index (χ1v) is 8.50. The maximum Gasteiger partial charge on any atom is 0.251 e. The Morgan fingerprint density at radius 1 is 1.04 bits per heavy atom. The number of halogens is 1. The van der Waals surface area contributed by atoms with Crippen molar-refractivity contribution in [3.05, 3.63) is 71.5 Å². The monoisotopic (exact) mass is 340 g/mol. The van der Waals surface area contributed by atoms with Crippen LogP contribution in [0.3, 0.4) is 0 Å². The number of rotatable bonds is 4. The van der Waals surface area contributed by atoms with E-state index in [0.717, 1.165) is 12.8 Å². The lowest BCUT2D eigenvalue weighted by Crippen LogP contribution is -2.47. The summed E-state index contributed by atoms with van der Waals surface area (Å²) in [7, 11) is 0. The van der Waals surface area contributed by atoms with Crippen molar-refractivity contribution in [2.75, 3.05) is 13.1 Å². The molecule has 1 aliphatic rings. The van der Waals surface area contributed by atoms with Crippen molar-refractivity contribution < 1.29 is 14.0 Å². The number of benzene rings is 2. The molecule has 1 fully saturated rings. The third-order valence-electron chi connectivity index (χ3n) is 4.46. The molecule has 3 rings (SSSR count). The number of likely N-dealkylation sites (tertiary alicyclic amines) is 1. The molecule has 1 heterocycles. The lowest BCUT2D eigenvalue weighted by molar-refractivity contribution is -0.131. The number of carbonyl (C=O) groups excluding carboxylic acids is 2. The number of carbonyl (C=O) groups is 2. The Labute approximate surface area is 146 Å². The van der Waals surface area contributed by atoms with Gasteiger partial charge in [-0.25, -0.2) is 4.39 Å². The summed E-state index contributed by atoms with van der Waals surface area (Å²) in [4.78, 5) is 26.3. The smallest absolute Gasteiger partial charge is 0.251 e. The van der Waals surface area contributed by atoms with Gasteiger partial charge in [0.05, 0.1) is 6.42 Å². The first kappa shape index (κ1) is 17.1. The lowest BCUT2D eigenvalue weighted by atomic mass is 10.0. The maximum atomic E-state index is 13.2. The highest BCUT2D eigenvalue weighted by Gasteiger charge is 2.24. The van der Waals surface area contributed by atoms with E-state index in [2.05, 4.69) is 5.32 Å². The summed E-state index contributed by atoms with van der Waals surface area (Å²) in [6, 6.07) is 15.3. The van der Waals surface area contributed by atoms with E-state index >= 15 is 0 Å². The third kappa shape index (κ3) is 4.66. The molecule has 0 aliphatic carbocycles. The summed E-state index contributed by atoms with van der Waals surface area (Å²) < 4.78 is 13.2. The van der Waals surface area contributed by atoms with Crippen molar-refractivity contribution in [3.63, 3.8) is 0 Å². The van der Waals surface area contributed by atoms with Crippen molar-refractivity contribution in [3.8, 4) is 0 Å². The van der Waals surface area contributed by atoms with Gasteiger partial charge in [-0.2, -0.15) is 0 Å². The van der Waals surface area contributed by atoms with Gasteiger partial charge in [0, 0.05) is 24.7 Å². The second kappa shape index (κ2) is 7.92. The summed E-state index contributed by atoms with van der Waals surface area (Å²) in [5.74, 6) is -0.406. The Kier molecular flexibility index (Phi) is 5.43. The van der Waals surface area contributed by atoms with Gasteiger partial charge in [0.1, 0.15) is 5.82 Å². The molecule has 0 bridgehead atoms. The Balaban J connectivity index is 1.48. The fraction of sp³-hybridized carbons (Fsp3) is 0.300. The Bertz CT molecular complexity index is 740. The average molecular weight is 340 g/mol. The minimum absolute atomic E-state index is 0.00145. The zero-order valence-corrected chi connectivity index (χ0v) is 14.0. The zero-order valence-electron chi connectivity index (χ0n) is 14.0. The summed E-state index contributed by atoms with van der Waals surface area (Å²) >= 11 is 0. The summed E-state index contributed by atoms with van der Waals surface area (Å²) in [6.07, 6.45) is 1.67. The minimum atomic E-state index is -0.326. The van der Waals surface area contributed by atoms with Crippen LogP contribution in [0, 0.1) is 5.82 Å². The van der Waals surface area contributed by atoms with Crippen molar-refractivity contribution >= 4 is 11.8 Å². The number of hydrogen-bond acceptors (Lipinski definition) is 2. The molecule has 0 aromatic heterocycles. The molecular formula is C20H21FN2O2. The lowest BCUT2D eigenvalue weighted by Gasteiger charge is -2.32. The van der Waals surface area contributed by atoms with E-state index in [1.807, 2.05) is 18.2 Å². The van der Waals surface area contributed by atoms with Crippen LogP contribution in [0.2, 0.25) is 0 Å². The molecule has 5 heteroatoms. The first-order chi connectivity index (χ1) is 12.1. The number of hydrogen-bond donors (Lipinski definition) is 1. The van der Waals surface area contributed by atoms with E-state index in [1.165, 1.54) is 12.1 Å². The quantitative estimate of drug-likeness (QED) is 0.930. The van der Waals surface area contributed by atoms with E-state index in [0.29, 0.717) is 24.2 Å². The fourth-order valence-electron chi connectivity index (χ4n) is 3.06. The molecule has 25 heavy (non-hydrogen) atoms. The van der Waals surface area contributed by atoms with Crippen LogP contribution < -0.4 is 5.32 Å². The normalized spacial score (nSPS) is 15.0. The number of piperidine rings is 1. The molecule has 0 saturated carbocycles. The van der Waals surface area contributed by atoms with Gasteiger partial charge >= 0.3 is 0 Å². The predicted molar refractivity (Wildman–Crippen MR) is 93.6 cm³/mol. The second-order valence-electron chi connectivity index (χ2n) is 6.30. The molecular weight excluding hydrogens is 319 g/mol. The summed E-state index contributed by atoms with van der Waals surface area (Å²) in [6.45, 7) is 1.21. The van der Waals surface area contributed by atoms with Gasteiger partial charge in [-0.05, 0) is 42.7 Å². The summed E-state index contributed by atoms with van der Waals surface area (Å²) in [5.41, 5.74) is 1.33. The molecule has 2 aromatic carbocycles. The van der Waals surface area contributed by atoms with Crippen molar-refractivity contribution in [1.29, 1.82) is 0 Å². The molecule has 2 aromatic rings. The van der Waals surface area contributed by atoms with Gasteiger partial charge in [0.15, 0.2) is 0 Å². The first-order valence-electron chi connectivity index (χ1n) is 8.50. The average Bonchev–Trinajstić information content (AvgIpc) is 2.63. The van der Waals surface area contributed by atoms with Gasteiger partial charge in [0.2, 0.25) is 5.91 Å². The van der Waals surface area contributed by atoms with E-state index in [-0.39, 0.29) is 30.1 Å². The van der Waals surface area contributed by atoms with Crippen LogP contribution >= 0.6 is 0 Å². The topological polar surface area (TPSA) is 49.4 Å². The number of amides is 2. The highest BCUT2D eigenvalue weighted by molar-refractivity contribution is 5.94. The Morgan fingerprint density at radius 2 is 1.76 bits per heavy atom. The molecule has 0 unspecified atom stereocenters. The van der Waals surface area contributed by atoms with Crippen molar-refractivity contribution in [2.45, 2.75) is 25.3 Å². The zero-order chi connectivity index (χ0) is 17.6. The van der Waals surface area contributed by atoms with Crippen molar-refractivity contribution in [2.24, 2.45) is 0 Å². The SMILES string of the molecule is O=C(NC1CCN(C(=O)Cc2cccc(F)c2)CC1)c1ccccc1. The van der Waals surface area contributed by atoms with Crippen LogP contribution in [0.4, 0.5) is 4.39 Å². The fourth-order valence-corrected chi connectivity index (χ4v) is 3.06. The van der Waals surface area contributed by atoms with Crippen LogP contribution in [0.25, 0.3) is 0 Å². The maximum absolute atomic E-state index is 13.2. The molecule has 0 radical (unpaired) electrons. The molecule has 1 N–H and O–H groups in total. The standard InChI is InChI=1S/C20H21FN2O2/c21-17-8-4-5-15(13-17)14-19(24)23-11-9-18(10-12-23)22-20(25)16-6-2-1-3-7-16/h1-8,13,18H,9-12,14H2,(H,22,25). The number of nitrogens with one attached hydrogen (secondary N) is 1. The molecule has 2 amide bonds. The van der Waals surface area contributed by atoms with Crippen LogP contribution in [0.1, 0.15) is 28.8 Å². The van der Waals surface area contributed by atoms with E-state index in [1.54, 1.807) is 29.2 Å². The van der Waals surface area contributed by atoms with Gasteiger partial charge in [-0.3, -0.25) is 9.59 Å². The summed E-state index contributed by atoms with van der Waals surface area (Å²) in [5, 5.41) is 3.03. The van der Waals surface area contributed by atoms with Gasteiger partial charge in [-0.1, -0.05) is 30.3 Å². The van der Waals surface area contributed by atoms with Crippen molar-refractivity contribution in [1.82, 2.24) is 10.2 Å². The number of nitrogens with zero attached hydrogens (tertiary/aromatic N) is 1. The van der Waals surface area contributed by atoms with E-state index < -0.39 is 0 Å². The van der Waals surface area contributed by atoms with Crippen LogP contribution in [0.5, 0.6) is 0 Å². The minimum Gasteiger partial charge on any atom is -0.349 e. The second-order valence-corrected chi connectivity index (χ2v) is 6.30. The van der Waals surface area contributed by atoms with Crippen LogP contribution in [0.15, 0.2) is 54.6 Å². The predicted octanol–water partition coefficient (Wildman–Crippen LogP) is 2.79.